The highest BCUT2D eigenvalue weighted by Crippen LogP contribution is 2.32. The molecule has 1 aromatic carbocycles. The highest BCUT2D eigenvalue weighted by molar-refractivity contribution is 9.10. The Morgan fingerprint density at radius 1 is 1.26 bits per heavy atom. The Morgan fingerprint density at radius 2 is 2.16 bits per heavy atom. The van der Waals surface area contributed by atoms with Crippen molar-refractivity contribution in [2.75, 3.05) is 7.11 Å². The maximum absolute atomic E-state index is 5.28. The molecule has 2 aromatic heterocycles. The van der Waals surface area contributed by atoms with Crippen LogP contribution in [0.2, 0.25) is 0 Å². The predicted octanol–water partition coefficient (Wildman–Crippen LogP) is 3.25. The van der Waals surface area contributed by atoms with Crippen LogP contribution in [0.15, 0.2) is 47.5 Å². The summed E-state index contributed by atoms with van der Waals surface area (Å²) in [6, 6.07) is 7.96. The third-order valence-electron chi connectivity index (χ3n) is 2.95. The van der Waals surface area contributed by atoms with E-state index in [1.807, 2.05) is 29.0 Å². The fraction of sp³-hybridized carbons (Fsp3) is 0.143. The number of ether oxygens (including phenoxy) is 1. The van der Waals surface area contributed by atoms with E-state index in [0.29, 0.717) is 0 Å². The Hall–Kier alpha value is -1.88. The van der Waals surface area contributed by atoms with Crippen LogP contribution in [0.25, 0.3) is 10.9 Å². The van der Waals surface area contributed by atoms with Gasteiger partial charge in [0.15, 0.2) is 0 Å². The molecular weight excluding hydrogens is 306 g/mol. The summed E-state index contributed by atoms with van der Waals surface area (Å²) in [6.45, 7) is 0.722. The molecule has 0 amide bonds. The zero-order valence-corrected chi connectivity index (χ0v) is 12.0. The molecule has 3 aromatic rings. The SMILES string of the molecule is COc1ccc2nc(Cn3ccnc3)ccc2c1Br. The smallest absolute Gasteiger partial charge is 0.133 e. The molecule has 0 fully saturated rings. The van der Waals surface area contributed by atoms with Crippen molar-refractivity contribution in [3.05, 3.63) is 53.2 Å². The molecule has 0 aliphatic heterocycles. The summed E-state index contributed by atoms with van der Waals surface area (Å²) in [4.78, 5) is 8.68. The lowest BCUT2D eigenvalue weighted by Gasteiger charge is -2.08. The number of imidazole rings is 1. The number of halogens is 1. The molecule has 0 bridgehead atoms. The van der Waals surface area contributed by atoms with E-state index in [2.05, 4.69) is 32.0 Å². The lowest BCUT2D eigenvalue weighted by Crippen LogP contribution is -1.99. The van der Waals surface area contributed by atoms with Gasteiger partial charge >= 0.3 is 0 Å². The summed E-state index contributed by atoms with van der Waals surface area (Å²) in [7, 11) is 1.66. The molecule has 3 rings (SSSR count). The van der Waals surface area contributed by atoms with Crippen molar-refractivity contribution < 1.29 is 4.74 Å². The highest BCUT2D eigenvalue weighted by Gasteiger charge is 2.07. The second kappa shape index (κ2) is 5.01. The Kier molecular flexibility index (Phi) is 3.21. The van der Waals surface area contributed by atoms with Crippen LogP contribution in [0, 0.1) is 0 Å². The van der Waals surface area contributed by atoms with Gasteiger partial charge in [0.2, 0.25) is 0 Å². The van der Waals surface area contributed by atoms with Crippen LogP contribution in [0.1, 0.15) is 5.69 Å². The topological polar surface area (TPSA) is 39.9 Å². The Labute approximate surface area is 119 Å². The third kappa shape index (κ3) is 2.33. The first kappa shape index (κ1) is 12.2. The van der Waals surface area contributed by atoms with Crippen LogP contribution in [-0.2, 0) is 6.54 Å². The predicted molar refractivity (Wildman–Crippen MR) is 77.3 cm³/mol. The summed E-state index contributed by atoms with van der Waals surface area (Å²) in [5.41, 5.74) is 1.95. The van der Waals surface area contributed by atoms with E-state index in [4.69, 9.17) is 4.74 Å². The number of aromatic nitrogens is 3. The van der Waals surface area contributed by atoms with Crippen molar-refractivity contribution in [1.29, 1.82) is 0 Å². The van der Waals surface area contributed by atoms with Crippen LogP contribution in [-0.4, -0.2) is 21.6 Å². The zero-order chi connectivity index (χ0) is 13.2. The van der Waals surface area contributed by atoms with Crippen molar-refractivity contribution >= 4 is 26.8 Å². The zero-order valence-electron chi connectivity index (χ0n) is 10.4. The van der Waals surface area contributed by atoms with Gasteiger partial charge in [0, 0.05) is 17.8 Å². The number of hydrogen-bond donors (Lipinski definition) is 0. The molecule has 0 spiro atoms. The van der Waals surface area contributed by atoms with E-state index >= 15 is 0 Å². The van der Waals surface area contributed by atoms with Crippen molar-refractivity contribution in [2.24, 2.45) is 0 Å². The van der Waals surface area contributed by atoms with Gasteiger partial charge in [-0.15, -0.1) is 0 Å². The molecule has 0 saturated carbocycles. The van der Waals surface area contributed by atoms with E-state index in [1.165, 1.54) is 0 Å². The van der Waals surface area contributed by atoms with Gasteiger partial charge < -0.3 is 9.30 Å². The Morgan fingerprint density at radius 3 is 2.89 bits per heavy atom. The summed E-state index contributed by atoms with van der Waals surface area (Å²) >= 11 is 3.55. The number of benzene rings is 1. The molecule has 4 nitrogen and oxygen atoms in total. The molecule has 0 aliphatic rings. The standard InChI is InChI=1S/C14H12BrN3O/c1-19-13-5-4-12-11(14(13)15)3-2-10(17-12)8-18-7-6-16-9-18/h2-7,9H,8H2,1H3. The van der Waals surface area contributed by atoms with Crippen LogP contribution < -0.4 is 4.74 Å². The number of fused-ring (bicyclic) bond motifs is 1. The molecule has 0 saturated heterocycles. The van der Waals surface area contributed by atoms with Crippen LogP contribution in [0.4, 0.5) is 0 Å². The fourth-order valence-corrected chi connectivity index (χ4v) is 2.63. The lowest BCUT2D eigenvalue weighted by molar-refractivity contribution is 0.413. The van der Waals surface area contributed by atoms with E-state index in [9.17, 15) is 0 Å². The van der Waals surface area contributed by atoms with Crippen LogP contribution in [0.5, 0.6) is 5.75 Å². The Bertz CT molecular complexity index is 710. The summed E-state index contributed by atoms with van der Waals surface area (Å²) in [5.74, 6) is 0.816. The summed E-state index contributed by atoms with van der Waals surface area (Å²) < 4.78 is 8.21. The van der Waals surface area contributed by atoms with Crippen LogP contribution >= 0.6 is 15.9 Å². The number of methoxy groups -OCH3 is 1. The van der Waals surface area contributed by atoms with Gasteiger partial charge in [0.1, 0.15) is 5.75 Å². The molecule has 5 heteroatoms. The van der Waals surface area contributed by atoms with Gasteiger partial charge in [-0.1, -0.05) is 0 Å². The first-order chi connectivity index (χ1) is 9.28. The fourth-order valence-electron chi connectivity index (χ4n) is 2.00. The maximum atomic E-state index is 5.28. The minimum absolute atomic E-state index is 0.722. The number of rotatable bonds is 3. The van der Waals surface area contributed by atoms with Gasteiger partial charge in [0.05, 0.1) is 35.7 Å². The van der Waals surface area contributed by atoms with Gasteiger partial charge in [-0.05, 0) is 40.2 Å². The molecule has 0 atom stereocenters. The average molecular weight is 318 g/mol. The number of pyridine rings is 1. The minimum atomic E-state index is 0.722. The molecule has 0 radical (unpaired) electrons. The van der Waals surface area contributed by atoms with Crippen molar-refractivity contribution in [2.45, 2.75) is 6.54 Å². The molecular formula is C14H12BrN3O. The molecule has 19 heavy (non-hydrogen) atoms. The normalized spacial score (nSPS) is 10.8. The van der Waals surface area contributed by atoms with Gasteiger partial charge in [-0.2, -0.15) is 0 Å². The lowest BCUT2D eigenvalue weighted by atomic mass is 10.2. The van der Waals surface area contributed by atoms with E-state index in [1.54, 1.807) is 19.6 Å². The summed E-state index contributed by atoms with van der Waals surface area (Å²) in [6.07, 6.45) is 5.48. The van der Waals surface area contributed by atoms with Gasteiger partial charge in [-0.25, -0.2) is 4.98 Å². The Balaban J connectivity index is 2.02. The second-order valence-electron chi connectivity index (χ2n) is 4.19. The van der Waals surface area contributed by atoms with Crippen molar-refractivity contribution in [1.82, 2.24) is 14.5 Å². The van der Waals surface area contributed by atoms with Crippen molar-refractivity contribution in [3.8, 4) is 5.75 Å². The quantitative estimate of drug-likeness (QED) is 0.744. The maximum Gasteiger partial charge on any atom is 0.133 e. The van der Waals surface area contributed by atoms with E-state index in [-0.39, 0.29) is 0 Å². The second-order valence-corrected chi connectivity index (χ2v) is 4.98. The third-order valence-corrected chi connectivity index (χ3v) is 3.77. The van der Waals surface area contributed by atoms with E-state index < -0.39 is 0 Å². The molecule has 0 N–H and O–H groups in total. The monoisotopic (exact) mass is 317 g/mol. The minimum Gasteiger partial charge on any atom is -0.496 e. The molecule has 0 aliphatic carbocycles. The van der Waals surface area contributed by atoms with Gasteiger partial charge in [0.25, 0.3) is 0 Å². The summed E-state index contributed by atoms with van der Waals surface area (Å²) in [5, 5.41) is 1.05. The highest BCUT2D eigenvalue weighted by atomic mass is 79.9. The molecule has 96 valence electrons. The molecule has 0 unspecified atom stereocenters. The van der Waals surface area contributed by atoms with E-state index in [0.717, 1.165) is 33.4 Å². The first-order valence-electron chi connectivity index (χ1n) is 5.86. The number of nitrogens with zero attached hydrogens (tertiary/aromatic N) is 3. The van der Waals surface area contributed by atoms with Gasteiger partial charge in [-0.3, -0.25) is 4.98 Å². The average Bonchev–Trinajstić information content (AvgIpc) is 2.92. The molecule has 2 heterocycles. The first-order valence-corrected chi connectivity index (χ1v) is 6.65. The number of hydrogen-bond acceptors (Lipinski definition) is 3. The largest absolute Gasteiger partial charge is 0.496 e. The van der Waals surface area contributed by atoms with Crippen LogP contribution in [0.3, 0.4) is 0 Å². The van der Waals surface area contributed by atoms with Crippen molar-refractivity contribution in [3.63, 3.8) is 0 Å².